The van der Waals surface area contributed by atoms with Gasteiger partial charge in [-0.1, -0.05) is 12.8 Å². The average Bonchev–Trinajstić information content (AvgIpc) is 2.65. The van der Waals surface area contributed by atoms with Crippen LogP contribution in [0.5, 0.6) is 0 Å². The molecule has 0 aromatic heterocycles. The summed E-state index contributed by atoms with van der Waals surface area (Å²) in [7, 11) is 0. The lowest BCUT2D eigenvalue weighted by Gasteiger charge is -2.40. The standard InChI is InChI=1S/C11H19F2NO/c12-10(13)9(14)8-3-6-15-11(7-8)4-1-2-5-11/h8-10H,1-7,14H2. The second-order valence-corrected chi connectivity index (χ2v) is 4.90. The molecule has 0 amide bonds. The molecule has 4 heteroatoms. The monoisotopic (exact) mass is 219 g/mol. The van der Waals surface area contributed by atoms with Crippen molar-refractivity contribution in [1.82, 2.24) is 0 Å². The van der Waals surface area contributed by atoms with Gasteiger partial charge in [0, 0.05) is 6.61 Å². The molecule has 0 aromatic carbocycles. The van der Waals surface area contributed by atoms with Crippen LogP contribution in [-0.4, -0.2) is 24.7 Å². The minimum absolute atomic E-state index is 0.0585. The Hall–Kier alpha value is -0.220. The summed E-state index contributed by atoms with van der Waals surface area (Å²) < 4.78 is 30.8. The number of hydrogen-bond acceptors (Lipinski definition) is 2. The van der Waals surface area contributed by atoms with E-state index in [-0.39, 0.29) is 11.5 Å². The number of alkyl halides is 2. The first-order valence-corrected chi connectivity index (χ1v) is 5.81. The van der Waals surface area contributed by atoms with Crippen LogP contribution in [0.3, 0.4) is 0 Å². The van der Waals surface area contributed by atoms with Crippen molar-refractivity contribution in [3.05, 3.63) is 0 Å². The zero-order valence-corrected chi connectivity index (χ0v) is 8.92. The number of nitrogens with two attached hydrogens (primary N) is 1. The highest BCUT2D eigenvalue weighted by atomic mass is 19.3. The minimum Gasteiger partial charge on any atom is -0.375 e. The van der Waals surface area contributed by atoms with Crippen molar-refractivity contribution < 1.29 is 13.5 Å². The molecule has 1 heterocycles. The fraction of sp³-hybridized carbons (Fsp3) is 1.00. The first-order chi connectivity index (χ1) is 7.13. The van der Waals surface area contributed by atoms with Crippen molar-refractivity contribution in [2.75, 3.05) is 6.61 Å². The van der Waals surface area contributed by atoms with Crippen molar-refractivity contribution in [1.29, 1.82) is 0 Å². The Balaban J connectivity index is 1.97. The van der Waals surface area contributed by atoms with Gasteiger partial charge in [-0.2, -0.15) is 0 Å². The maximum atomic E-state index is 12.5. The van der Waals surface area contributed by atoms with Crippen LogP contribution in [-0.2, 0) is 4.74 Å². The Bertz CT molecular complexity index is 217. The summed E-state index contributed by atoms with van der Waals surface area (Å²) in [5.74, 6) is -0.0585. The quantitative estimate of drug-likeness (QED) is 0.773. The fourth-order valence-electron chi connectivity index (χ4n) is 2.97. The van der Waals surface area contributed by atoms with Gasteiger partial charge in [0.2, 0.25) is 0 Å². The van der Waals surface area contributed by atoms with E-state index in [1.807, 2.05) is 0 Å². The van der Waals surface area contributed by atoms with E-state index < -0.39 is 12.5 Å². The van der Waals surface area contributed by atoms with Gasteiger partial charge in [0.15, 0.2) is 0 Å². The summed E-state index contributed by atoms with van der Waals surface area (Å²) in [6.45, 7) is 0.602. The molecule has 1 aliphatic carbocycles. The first kappa shape index (κ1) is 11.3. The Kier molecular flexibility index (Phi) is 3.26. The van der Waals surface area contributed by atoms with Crippen molar-refractivity contribution in [3.8, 4) is 0 Å². The van der Waals surface area contributed by atoms with Crippen LogP contribution in [0.15, 0.2) is 0 Å². The van der Waals surface area contributed by atoms with Crippen LogP contribution >= 0.6 is 0 Å². The summed E-state index contributed by atoms with van der Waals surface area (Å²) in [6.07, 6.45) is 3.41. The predicted molar refractivity (Wildman–Crippen MR) is 53.9 cm³/mol. The van der Waals surface area contributed by atoms with E-state index in [4.69, 9.17) is 10.5 Å². The second kappa shape index (κ2) is 4.34. The molecule has 1 aliphatic heterocycles. The van der Waals surface area contributed by atoms with E-state index in [9.17, 15) is 8.78 Å². The minimum atomic E-state index is -2.40. The molecule has 15 heavy (non-hydrogen) atoms. The van der Waals surface area contributed by atoms with Gasteiger partial charge in [-0.15, -0.1) is 0 Å². The third kappa shape index (κ3) is 2.31. The lowest BCUT2D eigenvalue weighted by atomic mass is 9.81. The van der Waals surface area contributed by atoms with Gasteiger partial charge in [0.1, 0.15) is 0 Å². The van der Waals surface area contributed by atoms with Crippen LogP contribution in [0.25, 0.3) is 0 Å². The third-order valence-electron chi connectivity index (χ3n) is 3.88. The number of hydrogen-bond donors (Lipinski definition) is 1. The highest BCUT2D eigenvalue weighted by Gasteiger charge is 2.42. The van der Waals surface area contributed by atoms with E-state index in [0.29, 0.717) is 13.0 Å². The average molecular weight is 219 g/mol. The third-order valence-corrected chi connectivity index (χ3v) is 3.88. The van der Waals surface area contributed by atoms with E-state index in [1.165, 1.54) is 0 Å². The highest BCUT2D eigenvalue weighted by molar-refractivity contribution is 4.94. The van der Waals surface area contributed by atoms with Gasteiger partial charge in [-0.05, 0) is 31.6 Å². The molecule has 2 unspecified atom stereocenters. The topological polar surface area (TPSA) is 35.2 Å². The number of halogens is 2. The van der Waals surface area contributed by atoms with Crippen LogP contribution in [0.1, 0.15) is 38.5 Å². The van der Waals surface area contributed by atoms with E-state index in [2.05, 4.69) is 0 Å². The molecule has 2 fully saturated rings. The SMILES string of the molecule is NC(C(F)F)C1CCOC2(CCCC2)C1. The molecule has 1 spiro atoms. The summed E-state index contributed by atoms with van der Waals surface area (Å²) >= 11 is 0. The van der Waals surface area contributed by atoms with Gasteiger partial charge in [-0.25, -0.2) is 8.78 Å². The molecule has 0 aromatic rings. The maximum absolute atomic E-state index is 12.5. The number of rotatable bonds is 2. The second-order valence-electron chi connectivity index (χ2n) is 4.90. The van der Waals surface area contributed by atoms with E-state index >= 15 is 0 Å². The smallest absolute Gasteiger partial charge is 0.253 e. The van der Waals surface area contributed by atoms with E-state index in [1.54, 1.807) is 0 Å². The normalized spacial score (nSPS) is 32.4. The van der Waals surface area contributed by atoms with Gasteiger partial charge >= 0.3 is 0 Å². The molecule has 2 nitrogen and oxygen atoms in total. The first-order valence-electron chi connectivity index (χ1n) is 5.81. The molecule has 2 aliphatic rings. The van der Waals surface area contributed by atoms with Crippen molar-refractivity contribution >= 4 is 0 Å². The Morgan fingerprint density at radius 3 is 2.53 bits per heavy atom. The molecule has 1 saturated heterocycles. The molecule has 2 N–H and O–H groups in total. The molecular weight excluding hydrogens is 200 g/mol. The number of ether oxygens (including phenoxy) is 1. The molecular formula is C11H19F2NO. The van der Waals surface area contributed by atoms with Crippen molar-refractivity contribution in [3.63, 3.8) is 0 Å². The summed E-state index contributed by atoms with van der Waals surface area (Å²) in [5, 5.41) is 0. The predicted octanol–water partition coefficient (Wildman–Crippen LogP) is 2.32. The van der Waals surface area contributed by atoms with Gasteiger partial charge < -0.3 is 10.5 Å². The summed E-state index contributed by atoms with van der Waals surface area (Å²) in [5.41, 5.74) is 5.43. The molecule has 0 radical (unpaired) electrons. The van der Waals surface area contributed by atoms with Crippen LogP contribution in [0.4, 0.5) is 8.78 Å². The lowest BCUT2D eigenvalue weighted by molar-refractivity contribution is -0.104. The summed E-state index contributed by atoms with van der Waals surface area (Å²) in [6, 6.07) is -0.966. The maximum Gasteiger partial charge on any atom is 0.253 e. The van der Waals surface area contributed by atoms with E-state index in [0.717, 1.165) is 32.1 Å². The Labute approximate surface area is 89.2 Å². The van der Waals surface area contributed by atoms with Gasteiger partial charge in [0.05, 0.1) is 11.6 Å². The highest BCUT2D eigenvalue weighted by Crippen LogP contribution is 2.43. The van der Waals surface area contributed by atoms with Gasteiger partial charge in [0.25, 0.3) is 6.43 Å². The molecule has 2 atom stereocenters. The van der Waals surface area contributed by atoms with Gasteiger partial charge in [-0.3, -0.25) is 0 Å². The molecule has 88 valence electrons. The van der Waals surface area contributed by atoms with Crippen LogP contribution in [0.2, 0.25) is 0 Å². The van der Waals surface area contributed by atoms with Crippen molar-refractivity contribution in [2.24, 2.45) is 11.7 Å². The zero-order chi connectivity index (χ0) is 10.9. The Morgan fingerprint density at radius 1 is 1.27 bits per heavy atom. The largest absolute Gasteiger partial charge is 0.375 e. The molecule has 0 bridgehead atoms. The summed E-state index contributed by atoms with van der Waals surface area (Å²) in [4.78, 5) is 0. The molecule has 2 rings (SSSR count). The zero-order valence-electron chi connectivity index (χ0n) is 8.92. The fourth-order valence-corrected chi connectivity index (χ4v) is 2.97. The Morgan fingerprint density at radius 2 is 1.93 bits per heavy atom. The molecule has 1 saturated carbocycles. The van der Waals surface area contributed by atoms with Crippen molar-refractivity contribution in [2.45, 2.75) is 56.6 Å². The van der Waals surface area contributed by atoms with Crippen LogP contribution in [0, 0.1) is 5.92 Å². The lowest BCUT2D eigenvalue weighted by Crippen LogP contribution is -2.46. The van der Waals surface area contributed by atoms with Crippen LogP contribution < -0.4 is 5.73 Å².